The van der Waals surface area contributed by atoms with Crippen molar-refractivity contribution in [3.05, 3.63) is 53.6 Å². The van der Waals surface area contributed by atoms with E-state index in [9.17, 15) is 0 Å². The van der Waals surface area contributed by atoms with Crippen LogP contribution in [0.1, 0.15) is 30.3 Å². The summed E-state index contributed by atoms with van der Waals surface area (Å²) in [5.74, 6) is 1.10. The Balaban J connectivity index is 1.88. The minimum Gasteiger partial charge on any atom is -0.335 e. The lowest BCUT2D eigenvalue weighted by molar-refractivity contribution is 0.569. The smallest absolute Gasteiger partial charge is 0.110 e. The van der Waals surface area contributed by atoms with Gasteiger partial charge < -0.3 is 10.3 Å². The van der Waals surface area contributed by atoms with Gasteiger partial charge in [0.15, 0.2) is 0 Å². The molecule has 0 radical (unpaired) electrons. The van der Waals surface area contributed by atoms with Crippen LogP contribution in [0.2, 0.25) is 0 Å². The second-order valence-corrected chi connectivity index (χ2v) is 5.06. The Kier molecular flexibility index (Phi) is 4.74. The number of hydrogen-bond acceptors (Lipinski definition) is 2. The number of rotatable bonds is 6. The lowest BCUT2D eigenvalue weighted by Crippen LogP contribution is -2.25. The van der Waals surface area contributed by atoms with Gasteiger partial charge in [0, 0.05) is 31.4 Å². The van der Waals surface area contributed by atoms with Gasteiger partial charge >= 0.3 is 0 Å². The van der Waals surface area contributed by atoms with Crippen LogP contribution in [0.3, 0.4) is 0 Å². The molecule has 0 saturated heterocycles. The Bertz CT molecular complexity index is 516. The maximum atomic E-state index is 6.23. The fourth-order valence-electron chi connectivity index (χ4n) is 2.39. The summed E-state index contributed by atoms with van der Waals surface area (Å²) in [5.41, 5.74) is 8.98. The van der Waals surface area contributed by atoms with Gasteiger partial charge in [0.25, 0.3) is 0 Å². The third kappa shape index (κ3) is 3.67. The molecule has 0 bridgehead atoms. The molecular formula is C16H23N3. The van der Waals surface area contributed by atoms with Gasteiger partial charge in [0.05, 0.1) is 0 Å². The molecule has 0 aliphatic heterocycles. The lowest BCUT2D eigenvalue weighted by Gasteiger charge is -2.13. The SMILES string of the molecule is CCn1ccnc1CC(N)CCc1ccccc1C. The third-order valence-corrected chi connectivity index (χ3v) is 3.63. The second-order valence-electron chi connectivity index (χ2n) is 5.06. The van der Waals surface area contributed by atoms with Gasteiger partial charge in [-0.25, -0.2) is 4.98 Å². The van der Waals surface area contributed by atoms with E-state index in [0.29, 0.717) is 0 Å². The molecule has 3 nitrogen and oxygen atoms in total. The van der Waals surface area contributed by atoms with Gasteiger partial charge in [-0.15, -0.1) is 0 Å². The van der Waals surface area contributed by atoms with Gasteiger partial charge in [-0.1, -0.05) is 24.3 Å². The molecule has 0 aliphatic carbocycles. The first-order valence-electron chi connectivity index (χ1n) is 7.00. The van der Waals surface area contributed by atoms with Crippen molar-refractivity contribution < 1.29 is 0 Å². The second kappa shape index (κ2) is 6.53. The van der Waals surface area contributed by atoms with Crippen LogP contribution >= 0.6 is 0 Å². The zero-order valence-corrected chi connectivity index (χ0v) is 11.8. The van der Waals surface area contributed by atoms with Gasteiger partial charge in [0.2, 0.25) is 0 Å². The monoisotopic (exact) mass is 257 g/mol. The number of nitrogens with zero attached hydrogens (tertiary/aromatic N) is 2. The summed E-state index contributed by atoms with van der Waals surface area (Å²) in [5, 5.41) is 0. The number of aromatic nitrogens is 2. The number of hydrogen-bond donors (Lipinski definition) is 1. The maximum Gasteiger partial charge on any atom is 0.110 e. The van der Waals surface area contributed by atoms with Crippen LogP contribution in [0, 0.1) is 6.92 Å². The van der Waals surface area contributed by atoms with Crippen LogP contribution in [-0.4, -0.2) is 15.6 Å². The Morgan fingerprint density at radius 1 is 1.32 bits per heavy atom. The van der Waals surface area contributed by atoms with Crippen molar-refractivity contribution in [1.29, 1.82) is 0 Å². The molecule has 2 rings (SSSR count). The first-order chi connectivity index (χ1) is 9.20. The van der Waals surface area contributed by atoms with Crippen LogP contribution in [-0.2, 0) is 19.4 Å². The topological polar surface area (TPSA) is 43.8 Å². The van der Waals surface area contributed by atoms with Crippen molar-refractivity contribution in [2.45, 2.75) is 45.7 Å². The van der Waals surface area contributed by atoms with Crippen molar-refractivity contribution in [2.75, 3.05) is 0 Å². The molecule has 2 N–H and O–H groups in total. The highest BCUT2D eigenvalue weighted by atomic mass is 15.1. The maximum absolute atomic E-state index is 6.23. The summed E-state index contributed by atoms with van der Waals surface area (Å²) in [6, 6.07) is 8.70. The number of imidazole rings is 1. The molecule has 1 heterocycles. The van der Waals surface area contributed by atoms with Crippen LogP contribution in [0.5, 0.6) is 0 Å². The van der Waals surface area contributed by atoms with Crippen molar-refractivity contribution in [1.82, 2.24) is 9.55 Å². The van der Waals surface area contributed by atoms with Crippen molar-refractivity contribution in [2.24, 2.45) is 5.73 Å². The van der Waals surface area contributed by atoms with Gasteiger partial charge in [-0.3, -0.25) is 0 Å². The highest BCUT2D eigenvalue weighted by Crippen LogP contribution is 2.12. The summed E-state index contributed by atoms with van der Waals surface area (Å²) in [4.78, 5) is 4.38. The molecule has 0 amide bonds. The Labute approximate surface area is 115 Å². The predicted molar refractivity (Wildman–Crippen MR) is 79.1 cm³/mol. The van der Waals surface area contributed by atoms with E-state index in [1.807, 2.05) is 12.4 Å². The number of nitrogens with two attached hydrogens (primary N) is 1. The molecule has 1 aromatic heterocycles. The lowest BCUT2D eigenvalue weighted by atomic mass is 10.00. The van der Waals surface area contributed by atoms with Crippen LogP contribution in [0.25, 0.3) is 0 Å². The van der Waals surface area contributed by atoms with Crippen molar-refractivity contribution >= 4 is 0 Å². The number of aryl methyl sites for hydroxylation is 3. The predicted octanol–water partition coefficient (Wildman–Crippen LogP) is 2.71. The van der Waals surface area contributed by atoms with E-state index < -0.39 is 0 Å². The minimum absolute atomic E-state index is 0.173. The first kappa shape index (κ1) is 13.8. The molecule has 1 atom stereocenters. The molecule has 1 aromatic carbocycles. The highest BCUT2D eigenvalue weighted by molar-refractivity contribution is 5.25. The van der Waals surface area contributed by atoms with Crippen LogP contribution in [0.4, 0.5) is 0 Å². The van der Waals surface area contributed by atoms with E-state index in [4.69, 9.17) is 5.73 Å². The average Bonchev–Trinajstić information content (AvgIpc) is 2.85. The molecule has 1 unspecified atom stereocenters. The van der Waals surface area contributed by atoms with E-state index >= 15 is 0 Å². The molecule has 0 saturated carbocycles. The van der Waals surface area contributed by atoms with Crippen molar-refractivity contribution in [3.63, 3.8) is 0 Å². The van der Waals surface area contributed by atoms with E-state index in [1.165, 1.54) is 11.1 Å². The van der Waals surface area contributed by atoms with E-state index in [1.54, 1.807) is 0 Å². The summed E-state index contributed by atoms with van der Waals surface area (Å²) in [6.45, 7) is 5.24. The first-order valence-corrected chi connectivity index (χ1v) is 7.00. The minimum atomic E-state index is 0.173. The molecule has 0 aliphatic rings. The highest BCUT2D eigenvalue weighted by Gasteiger charge is 2.09. The zero-order valence-electron chi connectivity index (χ0n) is 11.8. The summed E-state index contributed by atoms with van der Waals surface area (Å²) in [7, 11) is 0. The van der Waals surface area contributed by atoms with Gasteiger partial charge in [-0.05, 0) is 37.8 Å². The molecule has 3 heteroatoms. The van der Waals surface area contributed by atoms with Gasteiger partial charge in [-0.2, -0.15) is 0 Å². The molecule has 2 aromatic rings. The Hall–Kier alpha value is -1.61. The quantitative estimate of drug-likeness (QED) is 0.864. The largest absolute Gasteiger partial charge is 0.335 e. The zero-order chi connectivity index (χ0) is 13.7. The molecule has 102 valence electrons. The van der Waals surface area contributed by atoms with Crippen LogP contribution < -0.4 is 5.73 Å². The van der Waals surface area contributed by atoms with Gasteiger partial charge in [0.1, 0.15) is 5.82 Å². The molecular weight excluding hydrogens is 234 g/mol. The van der Waals surface area contributed by atoms with Crippen molar-refractivity contribution in [3.8, 4) is 0 Å². The van der Waals surface area contributed by atoms with Crippen LogP contribution in [0.15, 0.2) is 36.7 Å². The van der Waals surface area contributed by atoms with E-state index in [0.717, 1.165) is 31.6 Å². The summed E-state index contributed by atoms with van der Waals surface area (Å²) in [6.07, 6.45) is 6.77. The molecule has 0 fully saturated rings. The van der Waals surface area contributed by atoms with E-state index in [-0.39, 0.29) is 6.04 Å². The summed E-state index contributed by atoms with van der Waals surface area (Å²) < 4.78 is 2.16. The fraction of sp³-hybridized carbons (Fsp3) is 0.438. The van der Waals surface area contributed by atoms with E-state index in [2.05, 4.69) is 47.7 Å². The fourth-order valence-corrected chi connectivity index (χ4v) is 2.39. The third-order valence-electron chi connectivity index (χ3n) is 3.63. The normalized spacial score (nSPS) is 12.6. The standard InChI is InChI=1S/C16H23N3/c1-3-19-11-10-18-16(19)12-15(17)9-8-14-7-5-4-6-13(14)2/h4-7,10-11,15H,3,8-9,12,17H2,1-2H3. The molecule has 0 spiro atoms. The Morgan fingerprint density at radius 3 is 2.84 bits per heavy atom. The Morgan fingerprint density at radius 2 is 2.11 bits per heavy atom. The number of benzene rings is 1. The average molecular weight is 257 g/mol. The molecule has 19 heavy (non-hydrogen) atoms. The summed E-state index contributed by atoms with van der Waals surface area (Å²) >= 11 is 0.